The summed E-state index contributed by atoms with van der Waals surface area (Å²) in [4.78, 5) is 12.9. The summed E-state index contributed by atoms with van der Waals surface area (Å²) in [5.41, 5.74) is 1.45. The number of sulfonamides is 1. The monoisotopic (exact) mass is 432 g/mol. The first-order valence-corrected chi connectivity index (χ1v) is 11.5. The standard InChI is InChI=1S/C22H28N2O5S/c1-4-29-21-9-8-20(14-16(21)2)30(26,27)24-12-10-17(11-13-24)22(25)23-18-6-5-7-19(15-18)28-3/h5-9,14-15,17H,4,10-13H2,1-3H3,(H,23,25). The third-order valence-electron chi connectivity index (χ3n) is 5.25. The number of rotatable bonds is 7. The van der Waals surface area contributed by atoms with Crippen LogP contribution in [-0.2, 0) is 14.8 Å². The van der Waals surface area contributed by atoms with E-state index in [4.69, 9.17) is 9.47 Å². The first-order chi connectivity index (χ1) is 14.3. The van der Waals surface area contributed by atoms with Gasteiger partial charge in [0, 0.05) is 30.8 Å². The van der Waals surface area contributed by atoms with Gasteiger partial charge in [-0.25, -0.2) is 8.42 Å². The van der Waals surface area contributed by atoms with Crippen LogP contribution in [0.2, 0.25) is 0 Å². The van der Waals surface area contributed by atoms with Crippen molar-refractivity contribution in [3.8, 4) is 11.5 Å². The number of hydrogen-bond acceptors (Lipinski definition) is 5. The molecule has 1 N–H and O–H groups in total. The van der Waals surface area contributed by atoms with E-state index in [1.807, 2.05) is 26.0 Å². The van der Waals surface area contributed by atoms with E-state index in [-0.39, 0.29) is 16.7 Å². The topological polar surface area (TPSA) is 84.9 Å². The van der Waals surface area contributed by atoms with Crippen LogP contribution < -0.4 is 14.8 Å². The van der Waals surface area contributed by atoms with E-state index < -0.39 is 10.0 Å². The molecule has 1 amide bonds. The fourth-order valence-corrected chi connectivity index (χ4v) is 5.11. The van der Waals surface area contributed by atoms with Gasteiger partial charge in [0.25, 0.3) is 0 Å². The number of aryl methyl sites for hydroxylation is 1. The van der Waals surface area contributed by atoms with Gasteiger partial charge in [-0.3, -0.25) is 4.79 Å². The minimum absolute atomic E-state index is 0.0998. The summed E-state index contributed by atoms with van der Waals surface area (Å²) in [5, 5.41) is 2.90. The number of nitrogens with zero attached hydrogens (tertiary/aromatic N) is 1. The Balaban J connectivity index is 1.62. The third kappa shape index (κ3) is 4.94. The number of methoxy groups -OCH3 is 1. The Morgan fingerprint density at radius 1 is 1.17 bits per heavy atom. The lowest BCUT2D eigenvalue weighted by molar-refractivity contribution is -0.120. The summed E-state index contributed by atoms with van der Waals surface area (Å²) >= 11 is 0. The average Bonchev–Trinajstić information content (AvgIpc) is 2.75. The van der Waals surface area contributed by atoms with Crippen LogP contribution in [0.5, 0.6) is 11.5 Å². The number of nitrogens with one attached hydrogen (secondary N) is 1. The molecule has 0 bridgehead atoms. The summed E-state index contributed by atoms with van der Waals surface area (Å²) in [7, 11) is -2.03. The Hall–Kier alpha value is -2.58. The van der Waals surface area contributed by atoms with Gasteiger partial charge in [0.1, 0.15) is 11.5 Å². The van der Waals surface area contributed by atoms with Crippen LogP contribution >= 0.6 is 0 Å². The molecule has 0 saturated carbocycles. The number of hydrogen-bond donors (Lipinski definition) is 1. The van der Waals surface area contributed by atoms with Gasteiger partial charge in [-0.2, -0.15) is 4.31 Å². The Labute approximate surface area is 178 Å². The van der Waals surface area contributed by atoms with E-state index in [0.717, 1.165) is 5.56 Å². The summed E-state index contributed by atoms with van der Waals surface area (Å²) in [6.45, 7) is 4.87. The molecule has 1 heterocycles. The normalized spacial score (nSPS) is 15.6. The fourth-order valence-electron chi connectivity index (χ4n) is 3.55. The summed E-state index contributed by atoms with van der Waals surface area (Å²) in [6, 6.07) is 12.1. The molecule has 0 aromatic heterocycles. The van der Waals surface area contributed by atoms with Crippen molar-refractivity contribution in [3.63, 3.8) is 0 Å². The van der Waals surface area contributed by atoms with Crippen molar-refractivity contribution in [1.29, 1.82) is 0 Å². The van der Waals surface area contributed by atoms with Crippen LogP contribution in [0, 0.1) is 12.8 Å². The summed E-state index contributed by atoms with van der Waals surface area (Å²) in [5.74, 6) is 1.02. The highest BCUT2D eigenvalue weighted by atomic mass is 32.2. The maximum Gasteiger partial charge on any atom is 0.243 e. The molecule has 0 aliphatic carbocycles. The van der Waals surface area contributed by atoms with Gasteiger partial charge in [-0.15, -0.1) is 0 Å². The number of anilines is 1. The van der Waals surface area contributed by atoms with Crippen LogP contribution in [0.1, 0.15) is 25.3 Å². The molecular weight excluding hydrogens is 404 g/mol. The van der Waals surface area contributed by atoms with E-state index in [1.165, 1.54) is 4.31 Å². The van der Waals surface area contributed by atoms with Crippen molar-refractivity contribution in [1.82, 2.24) is 4.31 Å². The maximum atomic E-state index is 13.0. The summed E-state index contributed by atoms with van der Waals surface area (Å²) in [6.07, 6.45) is 0.954. The van der Waals surface area contributed by atoms with E-state index in [0.29, 0.717) is 49.7 Å². The first kappa shape index (κ1) is 22.1. The number of ether oxygens (including phenoxy) is 2. The van der Waals surface area contributed by atoms with Gasteiger partial charge in [-0.05, 0) is 62.6 Å². The lowest BCUT2D eigenvalue weighted by Gasteiger charge is -2.30. The SMILES string of the molecule is CCOc1ccc(S(=O)(=O)N2CCC(C(=O)Nc3cccc(OC)c3)CC2)cc1C. The highest BCUT2D eigenvalue weighted by Crippen LogP contribution is 2.28. The number of piperidine rings is 1. The van der Waals surface area contributed by atoms with E-state index in [1.54, 1.807) is 37.4 Å². The van der Waals surface area contributed by atoms with Gasteiger partial charge in [0.2, 0.25) is 15.9 Å². The van der Waals surface area contributed by atoms with Gasteiger partial charge in [0.05, 0.1) is 18.6 Å². The van der Waals surface area contributed by atoms with Crippen LogP contribution in [0.15, 0.2) is 47.4 Å². The molecule has 2 aromatic carbocycles. The molecule has 1 aliphatic rings. The highest BCUT2D eigenvalue weighted by Gasteiger charge is 2.32. The molecule has 3 rings (SSSR count). The van der Waals surface area contributed by atoms with Gasteiger partial charge in [0.15, 0.2) is 0 Å². The predicted octanol–water partition coefficient (Wildman–Crippen LogP) is 3.44. The van der Waals surface area contributed by atoms with Gasteiger partial charge >= 0.3 is 0 Å². The minimum Gasteiger partial charge on any atom is -0.497 e. The molecule has 0 unspecified atom stereocenters. The number of carbonyl (C=O) groups is 1. The largest absolute Gasteiger partial charge is 0.497 e. The molecule has 1 fully saturated rings. The van der Waals surface area contributed by atoms with Crippen LogP contribution in [0.3, 0.4) is 0 Å². The molecule has 0 atom stereocenters. The Bertz CT molecular complexity index is 998. The molecule has 2 aromatic rings. The molecule has 8 heteroatoms. The fraction of sp³-hybridized carbons (Fsp3) is 0.409. The van der Waals surface area contributed by atoms with Gasteiger partial charge in [-0.1, -0.05) is 6.07 Å². The Morgan fingerprint density at radius 3 is 2.53 bits per heavy atom. The maximum absolute atomic E-state index is 13.0. The zero-order valence-corrected chi connectivity index (χ0v) is 18.4. The second-order valence-corrected chi connectivity index (χ2v) is 9.20. The quantitative estimate of drug-likeness (QED) is 0.724. The van der Waals surface area contributed by atoms with Crippen LogP contribution in [0.4, 0.5) is 5.69 Å². The van der Waals surface area contributed by atoms with E-state index in [9.17, 15) is 13.2 Å². The zero-order chi connectivity index (χ0) is 21.7. The molecule has 0 spiro atoms. The molecule has 7 nitrogen and oxygen atoms in total. The molecule has 162 valence electrons. The Morgan fingerprint density at radius 2 is 1.90 bits per heavy atom. The van der Waals surface area contributed by atoms with Crippen molar-refractivity contribution >= 4 is 21.6 Å². The van der Waals surface area contributed by atoms with Crippen molar-refractivity contribution < 1.29 is 22.7 Å². The number of carbonyl (C=O) groups excluding carboxylic acids is 1. The van der Waals surface area contributed by atoms with Gasteiger partial charge < -0.3 is 14.8 Å². The van der Waals surface area contributed by atoms with Crippen molar-refractivity contribution in [2.45, 2.75) is 31.6 Å². The van der Waals surface area contributed by atoms with Crippen LogP contribution in [0.25, 0.3) is 0 Å². The molecule has 0 radical (unpaired) electrons. The summed E-state index contributed by atoms with van der Waals surface area (Å²) < 4.78 is 38.2. The van der Waals surface area contributed by atoms with Crippen LogP contribution in [-0.4, -0.2) is 45.4 Å². The first-order valence-electron chi connectivity index (χ1n) is 10.0. The molecular formula is C22H28N2O5S. The number of amides is 1. The lowest BCUT2D eigenvalue weighted by Crippen LogP contribution is -2.41. The lowest BCUT2D eigenvalue weighted by atomic mass is 9.97. The molecule has 30 heavy (non-hydrogen) atoms. The second kappa shape index (κ2) is 9.49. The van der Waals surface area contributed by atoms with E-state index >= 15 is 0 Å². The highest BCUT2D eigenvalue weighted by molar-refractivity contribution is 7.89. The van der Waals surface area contributed by atoms with Crippen molar-refractivity contribution in [2.75, 3.05) is 32.1 Å². The molecule has 1 saturated heterocycles. The second-order valence-electron chi connectivity index (χ2n) is 7.26. The Kier molecular flexibility index (Phi) is 6.99. The zero-order valence-electron chi connectivity index (χ0n) is 17.6. The molecule has 1 aliphatic heterocycles. The smallest absolute Gasteiger partial charge is 0.243 e. The minimum atomic E-state index is -3.60. The third-order valence-corrected chi connectivity index (χ3v) is 7.14. The average molecular weight is 433 g/mol. The number of benzene rings is 2. The predicted molar refractivity (Wildman–Crippen MR) is 115 cm³/mol. The van der Waals surface area contributed by atoms with Crippen molar-refractivity contribution in [3.05, 3.63) is 48.0 Å². The van der Waals surface area contributed by atoms with Crippen molar-refractivity contribution in [2.24, 2.45) is 5.92 Å². The van der Waals surface area contributed by atoms with E-state index in [2.05, 4.69) is 5.32 Å².